The fourth-order valence-corrected chi connectivity index (χ4v) is 2.38. The number of benzene rings is 1. The van der Waals surface area contributed by atoms with E-state index in [0.717, 1.165) is 24.8 Å². The highest BCUT2D eigenvalue weighted by Gasteiger charge is 2.38. The van der Waals surface area contributed by atoms with Gasteiger partial charge in [0.15, 0.2) is 0 Å². The fourth-order valence-electron chi connectivity index (χ4n) is 2.38. The van der Waals surface area contributed by atoms with Crippen molar-refractivity contribution >= 4 is 5.69 Å². The van der Waals surface area contributed by atoms with E-state index in [9.17, 15) is 13.2 Å². The molecule has 1 saturated carbocycles. The molecule has 112 valence electrons. The average Bonchev–Trinajstić information content (AvgIpc) is 3.20. The number of nitrogens with zero attached hydrogens (tertiary/aromatic N) is 1. The summed E-state index contributed by atoms with van der Waals surface area (Å²) in [6.45, 7) is 1.11. The highest BCUT2D eigenvalue weighted by Crippen LogP contribution is 2.36. The van der Waals surface area contributed by atoms with E-state index in [-0.39, 0.29) is 12.1 Å². The number of hydrogen-bond donors (Lipinski definition) is 1. The molecule has 0 heterocycles. The summed E-state index contributed by atoms with van der Waals surface area (Å²) in [5.74, 6) is 0. The monoisotopic (exact) mass is 286 g/mol. The third-order valence-electron chi connectivity index (χ3n) is 3.64. The molecule has 2 N–H and O–H groups in total. The van der Waals surface area contributed by atoms with E-state index in [1.165, 1.54) is 4.90 Å². The number of nitrogens with two attached hydrogens (primary N) is 1. The lowest BCUT2D eigenvalue weighted by molar-refractivity contribution is -0.120. The molecular formula is C15H21F3N2. The van der Waals surface area contributed by atoms with Crippen LogP contribution in [0.1, 0.15) is 31.7 Å². The SMILES string of the molecule is CCC(N)Cc1ccccc1N(CC(F)(F)F)C1CC1. The maximum absolute atomic E-state index is 12.8. The van der Waals surface area contributed by atoms with Gasteiger partial charge < -0.3 is 10.6 Å². The molecule has 20 heavy (non-hydrogen) atoms. The first-order valence-electron chi connectivity index (χ1n) is 7.07. The topological polar surface area (TPSA) is 29.3 Å². The number of anilines is 1. The Bertz CT molecular complexity index is 441. The fraction of sp³-hybridized carbons (Fsp3) is 0.600. The van der Waals surface area contributed by atoms with E-state index in [1.807, 2.05) is 19.1 Å². The first-order chi connectivity index (χ1) is 9.40. The van der Waals surface area contributed by atoms with Crippen LogP contribution in [-0.4, -0.2) is 24.8 Å². The van der Waals surface area contributed by atoms with Crippen molar-refractivity contribution in [3.8, 4) is 0 Å². The molecule has 1 unspecified atom stereocenters. The van der Waals surface area contributed by atoms with Crippen molar-refractivity contribution < 1.29 is 13.2 Å². The lowest BCUT2D eigenvalue weighted by Crippen LogP contribution is -2.37. The Hall–Kier alpha value is -1.23. The third kappa shape index (κ3) is 4.13. The normalized spacial score (nSPS) is 17.1. The Kier molecular flexibility index (Phi) is 4.58. The summed E-state index contributed by atoms with van der Waals surface area (Å²) < 4.78 is 38.3. The molecule has 1 fully saturated rings. The van der Waals surface area contributed by atoms with E-state index >= 15 is 0 Å². The number of alkyl halides is 3. The molecule has 1 atom stereocenters. The Morgan fingerprint density at radius 2 is 1.95 bits per heavy atom. The summed E-state index contributed by atoms with van der Waals surface area (Å²) in [5.41, 5.74) is 7.56. The molecule has 5 heteroatoms. The quantitative estimate of drug-likeness (QED) is 0.867. The van der Waals surface area contributed by atoms with Crippen molar-refractivity contribution in [3.63, 3.8) is 0 Å². The van der Waals surface area contributed by atoms with Crippen LogP contribution >= 0.6 is 0 Å². The summed E-state index contributed by atoms with van der Waals surface area (Å²) in [5, 5.41) is 0. The zero-order valence-electron chi connectivity index (χ0n) is 11.7. The molecule has 2 rings (SSSR count). The molecule has 1 aliphatic rings. The molecule has 1 aromatic rings. The molecule has 0 amide bonds. The molecule has 1 aliphatic carbocycles. The highest BCUT2D eigenvalue weighted by atomic mass is 19.4. The van der Waals surface area contributed by atoms with Gasteiger partial charge in [0, 0.05) is 17.8 Å². The largest absolute Gasteiger partial charge is 0.405 e. The minimum absolute atomic E-state index is 0.0110. The summed E-state index contributed by atoms with van der Waals surface area (Å²) >= 11 is 0. The van der Waals surface area contributed by atoms with Gasteiger partial charge in [-0.05, 0) is 37.3 Å². The van der Waals surface area contributed by atoms with Crippen LogP contribution in [0.4, 0.5) is 18.9 Å². The van der Waals surface area contributed by atoms with E-state index in [2.05, 4.69) is 0 Å². The predicted octanol–water partition coefficient (Wildman–Crippen LogP) is 3.50. The number of hydrogen-bond acceptors (Lipinski definition) is 2. The van der Waals surface area contributed by atoms with Crippen LogP contribution in [0, 0.1) is 0 Å². The smallest absolute Gasteiger partial charge is 0.359 e. The molecule has 0 bridgehead atoms. The first-order valence-corrected chi connectivity index (χ1v) is 7.07. The van der Waals surface area contributed by atoms with Crippen LogP contribution in [0.3, 0.4) is 0 Å². The second-order valence-electron chi connectivity index (χ2n) is 5.48. The van der Waals surface area contributed by atoms with Crippen LogP contribution in [-0.2, 0) is 6.42 Å². The zero-order chi connectivity index (χ0) is 14.8. The van der Waals surface area contributed by atoms with Gasteiger partial charge in [-0.25, -0.2) is 0 Å². The van der Waals surface area contributed by atoms with Gasteiger partial charge in [-0.1, -0.05) is 25.1 Å². The Labute approximate surface area is 117 Å². The standard InChI is InChI=1S/C15H21F3N2/c1-2-12(19)9-11-5-3-4-6-14(11)20(13-7-8-13)10-15(16,17)18/h3-6,12-13H,2,7-10,19H2,1H3. The minimum atomic E-state index is -4.18. The molecule has 2 nitrogen and oxygen atoms in total. The maximum Gasteiger partial charge on any atom is 0.405 e. The summed E-state index contributed by atoms with van der Waals surface area (Å²) in [7, 11) is 0. The summed E-state index contributed by atoms with van der Waals surface area (Å²) in [6, 6.07) is 7.33. The molecule has 1 aromatic carbocycles. The Morgan fingerprint density at radius 1 is 1.30 bits per heavy atom. The second-order valence-corrected chi connectivity index (χ2v) is 5.48. The summed E-state index contributed by atoms with van der Waals surface area (Å²) in [6.07, 6.45) is -1.07. The van der Waals surface area contributed by atoms with Crippen LogP contribution in [0.25, 0.3) is 0 Å². The van der Waals surface area contributed by atoms with Crippen molar-refractivity contribution in [2.45, 2.75) is 50.9 Å². The van der Waals surface area contributed by atoms with Gasteiger partial charge in [0.25, 0.3) is 0 Å². The van der Waals surface area contributed by atoms with Crippen LogP contribution in [0.2, 0.25) is 0 Å². The second kappa shape index (κ2) is 6.04. The van der Waals surface area contributed by atoms with Gasteiger partial charge in [-0.15, -0.1) is 0 Å². The lowest BCUT2D eigenvalue weighted by Gasteiger charge is -2.28. The minimum Gasteiger partial charge on any atom is -0.359 e. The number of rotatable bonds is 6. The van der Waals surface area contributed by atoms with Gasteiger partial charge in [-0.2, -0.15) is 13.2 Å². The van der Waals surface area contributed by atoms with Crippen molar-refractivity contribution in [2.24, 2.45) is 5.73 Å². The Morgan fingerprint density at radius 3 is 2.50 bits per heavy atom. The van der Waals surface area contributed by atoms with Gasteiger partial charge in [0.05, 0.1) is 0 Å². The number of para-hydroxylation sites is 1. The summed E-state index contributed by atoms with van der Waals surface area (Å²) in [4.78, 5) is 1.50. The molecule has 0 spiro atoms. The van der Waals surface area contributed by atoms with Crippen LogP contribution in [0.15, 0.2) is 24.3 Å². The van der Waals surface area contributed by atoms with E-state index < -0.39 is 12.7 Å². The molecule has 0 aliphatic heterocycles. The van der Waals surface area contributed by atoms with Crippen LogP contribution in [0.5, 0.6) is 0 Å². The maximum atomic E-state index is 12.8. The van der Waals surface area contributed by atoms with Crippen molar-refractivity contribution in [1.82, 2.24) is 0 Å². The van der Waals surface area contributed by atoms with Gasteiger partial charge in [0.2, 0.25) is 0 Å². The van der Waals surface area contributed by atoms with Crippen molar-refractivity contribution in [3.05, 3.63) is 29.8 Å². The predicted molar refractivity (Wildman–Crippen MR) is 74.8 cm³/mol. The van der Waals surface area contributed by atoms with Crippen molar-refractivity contribution in [1.29, 1.82) is 0 Å². The van der Waals surface area contributed by atoms with Crippen molar-refractivity contribution in [2.75, 3.05) is 11.4 Å². The van der Waals surface area contributed by atoms with E-state index in [4.69, 9.17) is 5.73 Å². The van der Waals surface area contributed by atoms with Gasteiger partial charge >= 0.3 is 6.18 Å². The average molecular weight is 286 g/mol. The zero-order valence-corrected chi connectivity index (χ0v) is 11.7. The number of halogens is 3. The molecule has 0 radical (unpaired) electrons. The highest BCUT2D eigenvalue weighted by molar-refractivity contribution is 5.56. The Balaban J connectivity index is 2.24. The van der Waals surface area contributed by atoms with Crippen LogP contribution < -0.4 is 10.6 Å². The molecular weight excluding hydrogens is 265 g/mol. The van der Waals surface area contributed by atoms with Gasteiger partial charge in [0.1, 0.15) is 6.54 Å². The van der Waals surface area contributed by atoms with E-state index in [1.54, 1.807) is 12.1 Å². The molecule has 0 saturated heterocycles. The third-order valence-corrected chi connectivity index (χ3v) is 3.64. The van der Waals surface area contributed by atoms with E-state index in [0.29, 0.717) is 12.1 Å². The lowest BCUT2D eigenvalue weighted by atomic mass is 10.0. The molecule has 0 aromatic heterocycles. The first kappa shape index (κ1) is 15.2. The van der Waals surface area contributed by atoms with Gasteiger partial charge in [-0.3, -0.25) is 0 Å².